The Hall–Kier alpha value is -6.91. The Morgan fingerprint density at radius 1 is 0.373 bits per heavy atom. The molecular formula is C47H29N3O. The maximum absolute atomic E-state index is 6.29. The van der Waals surface area contributed by atoms with Crippen molar-refractivity contribution in [2.45, 2.75) is 0 Å². The largest absolute Gasteiger partial charge is 0.456 e. The van der Waals surface area contributed by atoms with E-state index in [9.17, 15) is 0 Å². The predicted octanol–water partition coefficient (Wildman–Crippen LogP) is 12.4. The van der Waals surface area contributed by atoms with E-state index in [-0.39, 0.29) is 0 Å². The van der Waals surface area contributed by atoms with Crippen LogP contribution in [-0.2, 0) is 0 Å². The van der Waals surface area contributed by atoms with Crippen LogP contribution in [0.3, 0.4) is 0 Å². The highest BCUT2D eigenvalue weighted by Crippen LogP contribution is 2.41. The lowest BCUT2D eigenvalue weighted by Gasteiger charge is -2.15. The molecule has 0 radical (unpaired) electrons. The molecule has 0 fully saturated rings. The van der Waals surface area contributed by atoms with Crippen LogP contribution in [0.4, 0.5) is 0 Å². The summed E-state index contributed by atoms with van der Waals surface area (Å²) in [5.74, 6) is 0.667. The SMILES string of the molecule is c1ccc(-c2nc(-c3cc(-c4ccncc4)cc(-c4cc5ccccc5c5ccccc45)c3)cc(-c3cccc4oc5ccccc5c34)n2)cc1. The summed E-state index contributed by atoms with van der Waals surface area (Å²) in [7, 11) is 0. The summed E-state index contributed by atoms with van der Waals surface area (Å²) in [6, 6.07) is 57.3. The first-order valence-electron chi connectivity index (χ1n) is 17.1. The van der Waals surface area contributed by atoms with Crippen molar-refractivity contribution in [1.29, 1.82) is 0 Å². The second kappa shape index (κ2) is 11.9. The Morgan fingerprint density at radius 2 is 1.04 bits per heavy atom. The minimum absolute atomic E-state index is 0.667. The van der Waals surface area contributed by atoms with Gasteiger partial charge in [-0.15, -0.1) is 0 Å². The second-order valence-corrected chi connectivity index (χ2v) is 12.8. The van der Waals surface area contributed by atoms with Crippen LogP contribution >= 0.6 is 0 Å². The summed E-state index contributed by atoms with van der Waals surface area (Å²) in [6.07, 6.45) is 3.69. The molecule has 0 amide bonds. The number of rotatable bonds is 5. The number of benzene rings is 7. The molecule has 51 heavy (non-hydrogen) atoms. The highest BCUT2D eigenvalue weighted by molar-refractivity contribution is 6.14. The van der Waals surface area contributed by atoms with Gasteiger partial charge in [-0.3, -0.25) is 4.98 Å². The van der Waals surface area contributed by atoms with Crippen LogP contribution in [0.25, 0.3) is 99.6 Å². The molecule has 0 atom stereocenters. The number of fused-ring (bicyclic) bond motifs is 6. The molecule has 3 aromatic heterocycles. The molecule has 4 heteroatoms. The van der Waals surface area contributed by atoms with Gasteiger partial charge >= 0.3 is 0 Å². The van der Waals surface area contributed by atoms with E-state index in [0.717, 1.165) is 66.7 Å². The van der Waals surface area contributed by atoms with Crippen LogP contribution in [0.5, 0.6) is 0 Å². The Bertz CT molecular complexity index is 2910. The standard InChI is InChI=1S/C47H29N3O/c1-2-11-31(12-3-1)47-49-42(29-43(50-47)39-18-10-20-45-46(39)40-17-8-9-19-44(40)51-45)35-26-33(30-21-23-48-24-22-30)25-34(27-35)41-28-32-13-4-5-14-36(32)37-15-6-7-16-38(37)41/h1-29H. The highest BCUT2D eigenvalue weighted by Gasteiger charge is 2.18. The van der Waals surface area contributed by atoms with Crippen LogP contribution in [0, 0.1) is 0 Å². The Labute approximate surface area is 294 Å². The highest BCUT2D eigenvalue weighted by atomic mass is 16.3. The van der Waals surface area contributed by atoms with E-state index in [1.807, 2.05) is 54.9 Å². The first-order valence-corrected chi connectivity index (χ1v) is 17.1. The van der Waals surface area contributed by atoms with Crippen molar-refractivity contribution in [3.05, 3.63) is 176 Å². The number of hydrogen-bond acceptors (Lipinski definition) is 4. The van der Waals surface area contributed by atoms with E-state index in [0.29, 0.717) is 5.82 Å². The van der Waals surface area contributed by atoms with Crippen LogP contribution in [0.2, 0.25) is 0 Å². The predicted molar refractivity (Wildman–Crippen MR) is 209 cm³/mol. The third-order valence-electron chi connectivity index (χ3n) is 9.76. The summed E-state index contributed by atoms with van der Waals surface area (Å²) in [4.78, 5) is 14.8. The first kappa shape index (κ1) is 29.0. The van der Waals surface area contributed by atoms with E-state index >= 15 is 0 Å². The van der Waals surface area contributed by atoms with Gasteiger partial charge in [0.05, 0.1) is 11.4 Å². The lowest BCUT2D eigenvalue weighted by Crippen LogP contribution is -1.97. The van der Waals surface area contributed by atoms with Crippen LogP contribution in [-0.4, -0.2) is 15.0 Å². The van der Waals surface area contributed by atoms with Gasteiger partial charge in [-0.05, 0) is 98.4 Å². The zero-order valence-electron chi connectivity index (χ0n) is 27.5. The minimum Gasteiger partial charge on any atom is -0.456 e. The molecule has 10 rings (SSSR count). The Balaban J connectivity index is 1.26. The quantitative estimate of drug-likeness (QED) is 0.174. The summed E-state index contributed by atoms with van der Waals surface area (Å²) in [6.45, 7) is 0. The summed E-state index contributed by atoms with van der Waals surface area (Å²) < 4.78 is 6.29. The third kappa shape index (κ3) is 5.04. The smallest absolute Gasteiger partial charge is 0.160 e. The van der Waals surface area contributed by atoms with Crippen molar-refractivity contribution in [1.82, 2.24) is 15.0 Å². The average Bonchev–Trinajstić information content (AvgIpc) is 3.60. The number of para-hydroxylation sites is 1. The molecule has 0 bridgehead atoms. The molecule has 0 aliphatic rings. The third-order valence-corrected chi connectivity index (χ3v) is 9.76. The second-order valence-electron chi connectivity index (χ2n) is 12.8. The monoisotopic (exact) mass is 651 g/mol. The van der Waals surface area contributed by atoms with Crippen LogP contribution in [0.1, 0.15) is 0 Å². The summed E-state index contributed by atoms with van der Waals surface area (Å²) in [5.41, 5.74) is 10.8. The molecule has 3 heterocycles. The van der Waals surface area contributed by atoms with Crippen molar-refractivity contribution in [3.8, 4) is 56.2 Å². The maximum atomic E-state index is 6.29. The molecular weight excluding hydrogens is 623 g/mol. The van der Waals surface area contributed by atoms with E-state index in [1.54, 1.807) is 0 Å². The van der Waals surface area contributed by atoms with Crippen LogP contribution < -0.4 is 0 Å². The normalized spacial score (nSPS) is 11.5. The Morgan fingerprint density at radius 3 is 1.90 bits per heavy atom. The summed E-state index contributed by atoms with van der Waals surface area (Å²) in [5, 5.41) is 7.01. The van der Waals surface area contributed by atoms with Gasteiger partial charge in [0.25, 0.3) is 0 Å². The van der Waals surface area contributed by atoms with Gasteiger partial charge in [-0.2, -0.15) is 0 Å². The van der Waals surface area contributed by atoms with Gasteiger partial charge in [0.1, 0.15) is 11.2 Å². The molecule has 4 nitrogen and oxygen atoms in total. The Kier molecular flexibility index (Phi) is 6.78. The number of aromatic nitrogens is 3. The lowest BCUT2D eigenvalue weighted by molar-refractivity contribution is 0.669. The van der Waals surface area contributed by atoms with E-state index in [2.05, 4.69) is 126 Å². The molecule has 0 N–H and O–H groups in total. The molecule has 0 aliphatic carbocycles. The van der Waals surface area contributed by atoms with E-state index in [4.69, 9.17) is 14.4 Å². The summed E-state index contributed by atoms with van der Waals surface area (Å²) >= 11 is 0. The van der Waals surface area contributed by atoms with E-state index < -0.39 is 0 Å². The molecule has 238 valence electrons. The fourth-order valence-electron chi connectivity index (χ4n) is 7.37. The molecule has 0 unspecified atom stereocenters. The van der Waals surface area contributed by atoms with Gasteiger partial charge < -0.3 is 4.42 Å². The van der Waals surface area contributed by atoms with Gasteiger partial charge in [0.2, 0.25) is 0 Å². The molecule has 0 saturated carbocycles. The van der Waals surface area contributed by atoms with Crippen LogP contribution in [0.15, 0.2) is 181 Å². The van der Waals surface area contributed by atoms with Gasteiger partial charge in [-0.25, -0.2) is 9.97 Å². The maximum Gasteiger partial charge on any atom is 0.160 e. The molecule has 0 aliphatic heterocycles. The van der Waals surface area contributed by atoms with Crippen molar-refractivity contribution in [3.63, 3.8) is 0 Å². The first-order chi connectivity index (χ1) is 25.3. The number of nitrogens with zero attached hydrogens (tertiary/aromatic N) is 3. The average molecular weight is 652 g/mol. The molecule has 0 saturated heterocycles. The molecule has 7 aromatic carbocycles. The van der Waals surface area contributed by atoms with Gasteiger partial charge in [0, 0.05) is 39.9 Å². The van der Waals surface area contributed by atoms with Crippen molar-refractivity contribution >= 4 is 43.5 Å². The molecule has 10 aromatic rings. The fourth-order valence-corrected chi connectivity index (χ4v) is 7.37. The zero-order valence-corrected chi connectivity index (χ0v) is 27.5. The number of pyridine rings is 1. The van der Waals surface area contributed by atoms with Gasteiger partial charge in [0.15, 0.2) is 5.82 Å². The van der Waals surface area contributed by atoms with Crippen molar-refractivity contribution in [2.24, 2.45) is 0 Å². The number of furan rings is 1. The zero-order chi connectivity index (χ0) is 33.7. The lowest BCUT2D eigenvalue weighted by atomic mass is 9.90. The minimum atomic E-state index is 0.667. The molecule has 0 spiro atoms. The van der Waals surface area contributed by atoms with Crippen molar-refractivity contribution in [2.75, 3.05) is 0 Å². The van der Waals surface area contributed by atoms with Crippen molar-refractivity contribution < 1.29 is 4.42 Å². The fraction of sp³-hybridized carbons (Fsp3) is 0. The van der Waals surface area contributed by atoms with E-state index in [1.165, 1.54) is 27.1 Å². The topological polar surface area (TPSA) is 51.8 Å². The number of hydrogen-bond donors (Lipinski definition) is 0. The van der Waals surface area contributed by atoms with Gasteiger partial charge in [-0.1, -0.05) is 109 Å².